The zero-order chi connectivity index (χ0) is 12.7. The van der Waals surface area contributed by atoms with Crippen molar-refractivity contribution in [1.82, 2.24) is 4.72 Å². The van der Waals surface area contributed by atoms with E-state index in [1.54, 1.807) is 6.08 Å². The van der Waals surface area contributed by atoms with Gasteiger partial charge in [0.2, 0.25) is 10.0 Å². The molecule has 108 valence electrons. The molecule has 0 bridgehead atoms. The molecule has 1 atom stereocenters. The Kier molecular flexibility index (Phi) is 8.86. The monoisotopic (exact) mass is 296 g/mol. The number of nitrogens with two attached hydrogens (primary N) is 1. The average Bonchev–Trinajstić information content (AvgIpc) is 2.35. The quantitative estimate of drug-likeness (QED) is 0.704. The fourth-order valence-corrected chi connectivity index (χ4v) is 3.75. The molecule has 0 spiro atoms. The van der Waals surface area contributed by atoms with Crippen LogP contribution in [0.4, 0.5) is 0 Å². The summed E-state index contributed by atoms with van der Waals surface area (Å²) in [5, 5.41) is 0. The predicted octanol–water partition coefficient (Wildman–Crippen LogP) is 1.81. The molecule has 0 radical (unpaired) electrons. The van der Waals surface area contributed by atoms with Crippen LogP contribution in [0.1, 0.15) is 38.5 Å². The highest BCUT2D eigenvalue weighted by molar-refractivity contribution is 7.89. The number of hydrogen-bond donors (Lipinski definition) is 2. The Hall–Kier alpha value is -0.100. The van der Waals surface area contributed by atoms with Crippen LogP contribution in [-0.2, 0) is 10.0 Å². The molecular weight excluding hydrogens is 272 g/mol. The summed E-state index contributed by atoms with van der Waals surface area (Å²) in [7, 11) is -3.21. The molecule has 18 heavy (non-hydrogen) atoms. The molecule has 1 unspecified atom stereocenters. The standard InChI is InChI=1S/C12H24N2O2S.ClH/c1-2-3-9-17(15,16)14-12(10-13)11-7-5-4-6-8-11;/h2,11-12,14H,1,3-10,13H2;1H. The zero-order valence-corrected chi connectivity index (χ0v) is 12.4. The summed E-state index contributed by atoms with van der Waals surface area (Å²) in [6, 6.07) is -0.0925. The lowest BCUT2D eigenvalue weighted by molar-refractivity contribution is 0.294. The van der Waals surface area contributed by atoms with Crippen LogP contribution in [0.5, 0.6) is 0 Å². The molecule has 0 aliphatic heterocycles. The van der Waals surface area contributed by atoms with E-state index < -0.39 is 10.0 Å². The number of sulfonamides is 1. The fraction of sp³-hybridized carbons (Fsp3) is 0.833. The molecule has 4 nitrogen and oxygen atoms in total. The van der Waals surface area contributed by atoms with Gasteiger partial charge in [-0.05, 0) is 25.2 Å². The predicted molar refractivity (Wildman–Crippen MR) is 78.4 cm³/mol. The lowest BCUT2D eigenvalue weighted by atomic mass is 9.84. The van der Waals surface area contributed by atoms with Gasteiger partial charge < -0.3 is 5.73 Å². The lowest BCUT2D eigenvalue weighted by Gasteiger charge is -2.29. The topological polar surface area (TPSA) is 72.2 Å². The van der Waals surface area contributed by atoms with Gasteiger partial charge in [-0.2, -0.15) is 0 Å². The smallest absolute Gasteiger partial charge is 0.212 e. The van der Waals surface area contributed by atoms with Gasteiger partial charge in [-0.15, -0.1) is 19.0 Å². The first-order valence-corrected chi connectivity index (χ1v) is 8.05. The Morgan fingerprint density at radius 1 is 1.33 bits per heavy atom. The molecule has 0 heterocycles. The molecule has 0 saturated heterocycles. The molecule has 1 aliphatic rings. The van der Waals surface area contributed by atoms with Crippen molar-refractivity contribution in [2.75, 3.05) is 12.3 Å². The second-order valence-electron chi connectivity index (χ2n) is 4.75. The molecule has 0 aromatic carbocycles. The molecule has 0 aromatic heterocycles. The van der Waals surface area contributed by atoms with Crippen LogP contribution in [0, 0.1) is 5.92 Å². The summed E-state index contributed by atoms with van der Waals surface area (Å²) in [5.41, 5.74) is 5.69. The molecule has 0 aromatic rings. The fourth-order valence-electron chi connectivity index (χ4n) is 2.40. The van der Waals surface area contributed by atoms with Crippen LogP contribution < -0.4 is 10.5 Å². The van der Waals surface area contributed by atoms with Gasteiger partial charge in [-0.25, -0.2) is 13.1 Å². The van der Waals surface area contributed by atoms with Crippen LogP contribution in [0.25, 0.3) is 0 Å². The molecule has 0 amide bonds. The maximum absolute atomic E-state index is 11.8. The minimum atomic E-state index is -3.21. The van der Waals surface area contributed by atoms with Crippen LogP contribution >= 0.6 is 12.4 Å². The SMILES string of the molecule is C=CCCS(=O)(=O)NC(CN)C1CCCCC1.Cl. The summed E-state index contributed by atoms with van der Waals surface area (Å²) >= 11 is 0. The number of hydrogen-bond acceptors (Lipinski definition) is 3. The Balaban J connectivity index is 0.00000289. The maximum atomic E-state index is 11.8. The van der Waals surface area contributed by atoms with Crippen molar-refractivity contribution in [2.45, 2.75) is 44.6 Å². The molecular formula is C12H25ClN2O2S. The van der Waals surface area contributed by atoms with E-state index in [0.29, 0.717) is 18.9 Å². The number of rotatable bonds is 7. The second kappa shape index (κ2) is 8.91. The molecule has 6 heteroatoms. The molecule has 1 fully saturated rings. The van der Waals surface area contributed by atoms with Crippen LogP contribution in [-0.4, -0.2) is 26.8 Å². The first kappa shape index (κ1) is 17.9. The van der Waals surface area contributed by atoms with E-state index in [1.807, 2.05) is 0 Å². The molecule has 1 rings (SSSR count). The molecule has 1 saturated carbocycles. The summed E-state index contributed by atoms with van der Waals surface area (Å²) in [5.74, 6) is 0.520. The average molecular weight is 297 g/mol. The van der Waals surface area contributed by atoms with E-state index in [-0.39, 0.29) is 24.2 Å². The van der Waals surface area contributed by atoms with Crippen molar-refractivity contribution >= 4 is 22.4 Å². The van der Waals surface area contributed by atoms with Crippen molar-refractivity contribution in [3.05, 3.63) is 12.7 Å². The van der Waals surface area contributed by atoms with E-state index in [9.17, 15) is 8.42 Å². The lowest BCUT2D eigenvalue weighted by Crippen LogP contribution is -2.46. The van der Waals surface area contributed by atoms with Crippen molar-refractivity contribution in [2.24, 2.45) is 11.7 Å². The zero-order valence-electron chi connectivity index (χ0n) is 10.8. The largest absolute Gasteiger partial charge is 0.329 e. The van der Waals surface area contributed by atoms with Gasteiger partial charge >= 0.3 is 0 Å². The normalized spacial score (nSPS) is 18.9. The van der Waals surface area contributed by atoms with E-state index in [1.165, 1.54) is 19.3 Å². The third-order valence-electron chi connectivity index (χ3n) is 3.39. The van der Waals surface area contributed by atoms with E-state index in [0.717, 1.165) is 12.8 Å². The van der Waals surface area contributed by atoms with E-state index >= 15 is 0 Å². The number of halogens is 1. The van der Waals surface area contributed by atoms with Crippen LogP contribution in [0.3, 0.4) is 0 Å². The van der Waals surface area contributed by atoms with Crippen molar-refractivity contribution in [1.29, 1.82) is 0 Å². The molecule has 1 aliphatic carbocycles. The summed E-state index contributed by atoms with van der Waals surface area (Å²) in [4.78, 5) is 0. The van der Waals surface area contributed by atoms with Crippen molar-refractivity contribution in [3.8, 4) is 0 Å². The third kappa shape index (κ3) is 6.18. The summed E-state index contributed by atoms with van der Waals surface area (Å²) < 4.78 is 26.3. The maximum Gasteiger partial charge on any atom is 0.212 e. The molecule has 3 N–H and O–H groups in total. The summed E-state index contributed by atoms with van der Waals surface area (Å²) in [6.45, 7) is 3.92. The minimum Gasteiger partial charge on any atom is -0.329 e. The highest BCUT2D eigenvalue weighted by atomic mass is 35.5. The minimum absolute atomic E-state index is 0. The van der Waals surface area contributed by atoms with Gasteiger partial charge in [0.15, 0.2) is 0 Å². The van der Waals surface area contributed by atoms with Gasteiger partial charge in [0.25, 0.3) is 0 Å². The first-order chi connectivity index (χ1) is 8.09. The third-order valence-corrected chi connectivity index (χ3v) is 4.83. The second-order valence-corrected chi connectivity index (χ2v) is 6.63. The Morgan fingerprint density at radius 2 is 1.94 bits per heavy atom. The highest BCUT2D eigenvalue weighted by Gasteiger charge is 2.25. The van der Waals surface area contributed by atoms with Crippen LogP contribution in [0.2, 0.25) is 0 Å². The Bertz CT molecular complexity index is 327. The van der Waals surface area contributed by atoms with Crippen molar-refractivity contribution in [3.63, 3.8) is 0 Å². The van der Waals surface area contributed by atoms with E-state index in [2.05, 4.69) is 11.3 Å². The van der Waals surface area contributed by atoms with Gasteiger partial charge in [0.1, 0.15) is 0 Å². The first-order valence-electron chi connectivity index (χ1n) is 6.40. The van der Waals surface area contributed by atoms with Gasteiger partial charge in [-0.1, -0.05) is 25.3 Å². The van der Waals surface area contributed by atoms with Gasteiger partial charge in [0, 0.05) is 12.6 Å². The van der Waals surface area contributed by atoms with E-state index in [4.69, 9.17) is 5.73 Å². The summed E-state index contributed by atoms with van der Waals surface area (Å²) in [6.07, 6.45) is 7.92. The highest BCUT2D eigenvalue weighted by Crippen LogP contribution is 2.26. The number of nitrogens with one attached hydrogen (secondary N) is 1. The van der Waals surface area contributed by atoms with Crippen LogP contribution in [0.15, 0.2) is 12.7 Å². The van der Waals surface area contributed by atoms with Crippen molar-refractivity contribution < 1.29 is 8.42 Å². The Morgan fingerprint density at radius 3 is 2.44 bits per heavy atom. The number of allylic oxidation sites excluding steroid dienone is 1. The Labute approximate surface area is 117 Å². The van der Waals surface area contributed by atoms with Gasteiger partial charge in [-0.3, -0.25) is 0 Å². The van der Waals surface area contributed by atoms with Gasteiger partial charge in [0.05, 0.1) is 5.75 Å².